The number of hydrogen-bond donors (Lipinski definition) is 1. The number of amides is 2. The molecule has 1 aliphatic heterocycles. The highest BCUT2D eigenvalue weighted by Crippen LogP contribution is 2.48. The molecule has 0 unspecified atom stereocenters. The number of likely N-dealkylation sites (tertiary alicyclic amines) is 1. The third-order valence-electron chi connectivity index (χ3n) is 5.24. The lowest BCUT2D eigenvalue weighted by molar-refractivity contribution is -0.144. The van der Waals surface area contributed by atoms with E-state index in [2.05, 4.69) is 31.5 Å². The number of rotatable bonds is 3. The number of hydrogen-bond acceptors (Lipinski definition) is 4. The lowest BCUT2D eigenvalue weighted by Gasteiger charge is -2.33. The van der Waals surface area contributed by atoms with E-state index in [1.54, 1.807) is 18.4 Å². The van der Waals surface area contributed by atoms with Crippen LogP contribution in [0.2, 0.25) is 0 Å². The Morgan fingerprint density at radius 3 is 2.38 bits per heavy atom. The SMILES string of the molecule is CNC(=O)C1(C(=O)N2CCC(c3nc(C(C)(C)C)cs3)CC2)CC1. The van der Waals surface area contributed by atoms with Crippen molar-refractivity contribution in [3.8, 4) is 0 Å². The van der Waals surface area contributed by atoms with Gasteiger partial charge in [-0.15, -0.1) is 11.3 Å². The first-order valence-corrected chi connectivity index (χ1v) is 9.63. The Balaban J connectivity index is 1.61. The molecule has 0 atom stereocenters. The number of nitrogens with one attached hydrogen (secondary N) is 1. The third kappa shape index (κ3) is 3.08. The van der Waals surface area contributed by atoms with Crippen LogP contribution in [0.5, 0.6) is 0 Å². The number of nitrogens with zero attached hydrogens (tertiary/aromatic N) is 2. The van der Waals surface area contributed by atoms with Gasteiger partial charge in [0.2, 0.25) is 11.8 Å². The van der Waals surface area contributed by atoms with Crippen LogP contribution in [0.25, 0.3) is 0 Å². The Morgan fingerprint density at radius 2 is 1.92 bits per heavy atom. The smallest absolute Gasteiger partial charge is 0.238 e. The average molecular weight is 350 g/mol. The summed E-state index contributed by atoms with van der Waals surface area (Å²) in [5, 5.41) is 6.00. The standard InChI is InChI=1S/C18H27N3O2S/c1-17(2,3)13-11-24-14(20-13)12-5-9-21(10-6-12)16(23)18(7-8-18)15(22)19-4/h11-12H,5-10H2,1-4H3,(H,19,22). The molecule has 1 saturated carbocycles. The van der Waals surface area contributed by atoms with Gasteiger partial charge in [-0.1, -0.05) is 20.8 Å². The Labute approximate surface area is 147 Å². The number of carbonyl (C=O) groups is 2. The van der Waals surface area contributed by atoms with Crippen LogP contribution in [-0.4, -0.2) is 41.8 Å². The molecule has 6 heteroatoms. The maximum absolute atomic E-state index is 12.7. The van der Waals surface area contributed by atoms with Crippen LogP contribution in [0.3, 0.4) is 0 Å². The van der Waals surface area contributed by atoms with Crippen molar-refractivity contribution in [3.05, 3.63) is 16.1 Å². The second kappa shape index (κ2) is 6.14. The molecule has 2 heterocycles. The topological polar surface area (TPSA) is 62.3 Å². The molecule has 1 aromatic rings. The zero-order valence-corrected chi connectivity index (χ0v) is 15.8. The van der Waals surface area contributed by atoms with Crippen molar-refractivity contribution in [1.82, 2.24) is 15.2 Å². The van der Waals surface area contributed by atoms with Crippen molar-refractivity contribution in [2.75, 3.05) is 20.1 Å². The minimum absolute atomic E-state index is 0.0230. The zero-order valence-electron chi connectivity index (χ0n) is 15.0. The molecule has 132 valence electrons. The number of carbonyl (C=O) groups excluding carboxylic acids is 2. The van der Waals surface area contributed by atoms with Gasteiger partial charge in [0, 0.05) is 36.9 Å². The normalized spacial score (nSPS) is 20.8. The van der Waals surface area contributed by atoms with Crippen molar-refractivity contribution >= 4 is 23.2 Å². The summed E-state index contributed by atoms with van der Waals surface area (Å²) in [4.78, 5) is 31.4. The molecule has 24 heavy (non-hydrogen) atoms. The first kappa shape index (κ1) is 17.4. The molecule has 2 fully saturated rings. The predicted octanol–water partition coefficient (Wildman–Crippen LogP) is 2.67. The van der Waals surface area contributed by atoms with E-state index in [1.807, 2.05) is 4.90 Å². The first-order valence-electron chi connectivity index (χ1n) is 8.75. The second-order valence-corrected chi connectivity index (χ2v) is 8.94. The molecule has 0 aromatic carbocycles. The summed E-state index contributed by atoms with van der Waals surface area (Å²) in [6.45, 7) is 8.00. The Morgan fingerprint density at radius 1 is 1.29 bits per heavy atom. The molecule has 1 N–H and O–H groups in total. The molecular weight excluding hydrogens is 322 g/mol. The highest BCUT2D eigenvalue weighted by molar-refractivity contribution is 7.09. The molecule has 2 aliphatic rings. The van der Waals surface area contributed by atoms with Crippen molar-refractivity contribution in [1.29, 1.82) is 0 Å². The van der Waals surface area contributed by atoms with Gasteiger partial charge in [0.1, 0.15) is 5.41 Å². The maximum atomic E-state index is 12.7. The number of thiazole rings is 1. The second-order valence-electron chi connectivity index (χ2n) is 8.05. The third-order valence-corrected chi connectivity index (χ3v) is 6.25. The summed E-state index contributed by atoms with van der Waals surface area (Å²) < 4.78 is 0. The number of piperidine rings is 1. The first-order chi connectivity index (χ1) is 11.3. The average Bonchev–Trinajstić information content (AvgIpc) is 3.21. The minimum atomic E-state index is -0.762. The largest absolute Gasteiger partial charge is 0.358 e. The van der Waals surface area contributed by atoms with E-state index in [4.69, 9.17) is 4.98 Å². The summed E-state index contributed by atoms with van der Waals surface area (Å²) in [5.74, 6) is 0.337. The van der Waals surface area contributed by atoms with Crippen LogP contribution >= 0.6 is 11.3 Å². The van der Waals surface area contributed by atoms with Gasteiger partial charge >= 0.3 is 0 Å². The minimum Gasteiger partial charge on any atom is -0.358 e. The fourth-order valence-corrected chi connectivity index (χ4v) is 4.57. The van der Waals surface area contributed by atoms with Gasteiger partial charge in [-0.2, -0.15) is 0 Å². The quantitative estimate of drug-likeness (QED) is 0.854. The molecule has 0 radical (unpaired) electrons. The van der Waals surface area contributed by atoms with Crippen molar-refractivity contribution in [3.63, 3.8) is 0 Å². The molecule has 0 spiro atoms. The van der Waals surface area contributed by atoms with E-state index in [1.165, 1.54) is 5.01 Å². The van der Waals surface area contributed by atoms with Crippen LogP contribution < -0.4 is 5.32 Å². The lowest BCUT2D eigenvalue weighted by Crippen LogP contribution is -2.47. The summed E-state index contributed by atoms with van der Waals surface area (Å²) in [6, 6.07) is 0. The molecule has 0 bridgehead atoms. The molecule has 5 nitrogen and oxygen atoms in total. The summed E-state index contributed by atoms with van der Waals surface area (Å²) >= 11 is 1.74. The fraction of sp³-hybridized carbons (Fsp3) is 0.722. The van der Waals surface area contributed by atoms with E-state index in [-0.39, 0.29) is 17.2 Å². The Hall–Kier alpha value is -1.43. The van der Waals surface area contributed by atoms with Crippen LogP contribution in [-0.2, 0) is 15.0 Å². The summed E-state index contributed by atoms with van der Waals surface area (Å²) in [6.07, 6.45) is 3.25. The van der Waals surface area contributed by atoms with E-state index < -0.39 is 5.41 Å². The van der Waals surface area contributed by atoms with Crippen molar-refractivity contribution in [2.45, 2.75) is 57.8 Å². The molecule has 1 aliphatic carbocycles. The molecule has 2 amide bonds. The van der Waals surface area contributed by atoms with E-state index >= 15 is 0 Å². The highest BCUT2D eigenvalue weighted by atomic mass is 32.1. The molecule has 1 saturated heterocycles. The molecule has 1 aromatic heterocycles. The summed E-state index contributed by atoms with van der Waals surface area (Å²) in [7, 11) is 1.61. The van der Waals surface area contributed by atoms with Crippen molar-refractivity contribution < 1.29 is 9.59 Å². The van der Waals surface area contributed by atoms with Gasteiger partial charge in [-0.05, 0) is 25.7 Å². The zero-order chi connectivity index (χ0) is 17.5. The van der Waals surface area contributed by atoms with Gasteiger partial charge in [-0.25, -0.2) is 4.98 Å². The monoisotopic (exact) mass is 349 g/mol. The Kier molecular flexibility index (Phi) is 4.45. The highest BCUT2D eigenvalue weighted by Gasteiger charge is 2.57. The predicted molar refractivity (Wildman–Crippen MR) is 95.1 cm³/mol. The van der Waals surface area contributed by atoms with Crippen LogP contribution in [0, 0.1) is 5.41 Å². The van der Waals surface area contributed by atoms with Gasteiger partial charge in [0.15, 0.2) is 0 Å². The van der Waals surface area contributed by atoms with E-state index in [9.17, 15) is 9.59 Å². The summed E-state index contributed by atoms with van der Waals surface area (Å²) in [5.41, 5.74) is 0.469. The number of aromatic nitrogens is 1. The maximum Gasteiger partial charge on any atom is 0.238 e. The van der Waals surface area contributed by atoms with E-state index in [0.29, 0.717) is 18.8 Å². The van der Waals surface area contributed by atoms with Crippen LogP contribution in [0.4, 0.5) is 0 Å². The fourth-order valence-electron chi connectivity index (χ4n) is 3.35. The Bertz CT molecular complexity index is 635. The van der Waals surface area contributed by atoms with Crippen LogP contribution in [0.15, 0.2) is 5.38 Å². The van der Waals surface area contributed by atoms with E-state index in [0.717, 1.165) is 31.6 Å². The molecular formula is C18H27N3O2S. The lowest BCUT2D eigenvalue weighted by atomic mass is 9.92. The van der Waals surface area contributed by atoms with Gasteiger partial charge in [0.25, 0.3) is 0 Å². The van der Waals surface area contributed by atoms with Gasteiger partial charge in [-0.3, -0.25) is 9.59 Å². The molecule has 3 rings (SSSR count). The van der Waals surface area contributed by atoms with Crippen LogP contribution in [0.1, 0.15) is 63.1 Å². The van der Waals surface area contributed by atoms with Gasteiger partial charge < -0.3 is 10.2 Å². The van der Waals surface area contributed by atoms with Crippen molar-refractivity contribution in [2.24, 2.45) is 5.41 Å². The van der Waals surface area contributed by atoms with Gasteiger partial charge in [0.05, 0.1) is 10.7 Å².